The Labute approximate surface area is 105 Å². The number of rotatable bonds is 2. The molecule has 0 bridgehead atoms. The lowest BCUT2D eigenvalue weighted by Crippen LogP contribution is -1.98. The van der Waals surface area contributed by atoms with Gasteiger partial charge in [-0.25, -0.2) is 4.98 Å². The van der Waals surface area contributed by atoms with Gasteiger partial charge in [-0.05, 0) is 11.6 Å². The highest BCUT2D eigenvalue weighted by atomic mass is 16.4. The second kappa shape index (κ2) is 6.86. The minimum atomic E-state index is -0.833. The summed E-state index contributed by atoms with van der Waals surface area (Å²) in [4.78, 5) is 13.0. The molecule has 1 aromatic carbocycles. The van der Waals surface area contributed by atoms with Crippen LogP contribution in [0.15, 0.2) is 43.0 Å². The molecule has 1 aromatic heterocycles. The predicted molar refractivity (Wildman–Crippen MR) is 65.8 cm³/mol. The number of hydrogen-bond donors (Lipinski definition) is 1. The van der Waals surface area contributed by atoms with Crippen molar-refractivity contribution in [3.05, 3.63) is 54.1 Å². The number of carboxylic acid groups (broad SMARTS) is 1. The van der Waals surface area contributed by atoms with Crippen LogP contribution in [0.5, 0.6) is 0 Å². The number of hydrogen-bond acceptors (Lipinski definition) is 3. The number of aromatic nitrogens is 2. The average Bonchev–Trinajstić information content (AvgIpc) is 2.82. The van der Waals surface area contributed by atoms with Gasteiger partial charge in [0.2, 0.25) is 0 Å². The molecule has 5 nitrogen and oxygen atoms in total. The van der Waals surface area contributed by atoms with E-state index in [1.807, 2.05) is 35.0 Å². The second-order valence-corrected chi connectivity index (χ2v) is 3.52. The molecule has 0 saturated carbocycles. The van der Waals surface area contributed by atoms with Crippen molar-refractivity contribution in [3.8, 4) is 6.07 Å². The van der Waals surface area contributed by atoms with Gasteiger partial charge in [-0.15, -0.1) is 0 Å². The Hall–Kier alpha value is -2.61. The molecule has 1 N–H and O–H groups in total. The second-order valence-electron chi connectivity index (χ2n) is 3.52. The fourth-order valence-corrected chi connectivity index (χ4v) is 1.34. The van der Waals surface area contributed by atoms with Gasteiger partial charge < -0.3 is 9.67 Å². The molecule has 5 heteroatoms. The number of carboxylic acids is 1. The molecule has 18 heavy (non-hydrogen) atoms. The molecule has 0 aliphatic carbocycles. The summed E-state index contributed by atoms with van der Waals surface area (Å²) in [6, 6.07) is 9.77. The molecule has 0 spiro atoms. The monoisotopic (exact) mass is 243 g/mol. The summed E-state index contributed by atoms with van der Waals surface area (Å²) in [7, 11) is 0. The van der Waals surface area contributed by atoms with Gasteiger partial charge in [-0.1, -0.05) is 18.2 Å². The molecule has 92 valence electrons. The SMILES string of the molecule is CC(=O)O.N#Cc1ccccc1Cn1ccnc1. The van der Waals surface area contributed by atoms with Crippen molar-refractivity contribution in [2.45, 2.75) is 13.5 Å². The van der Waals surface area contributed by atoms with Crippen molar-refractivity contribution < 1.29 is 9.90 Å². The van der Waals surface area contributed by atoms with E-state index in [-0.39, 0.29) is 0 Å². The first kappa shape index (κ1) is 13.5. The zero-order valence-corrected chi connectivity index (χ0v) is 9.95. The lowest BCUT2D eigenvalue weighted by Gasteiger charge is -2.03. The highest BCUT2D eigenvalue weighted by molar-refractivity contribution is 5.62. The Morgan fingerprint density at radius 1 is 1.50 bits per heavy atom. The van der Waals surface area contributed by atoms with Gasteiger partial charge in [-0.3, -0.25) is 4.79 Å². The third-order valence-corrected chi connectivity index (χ3v) is 2.05. The van der Waals surface area contributed by atoms with E-state index in [4.69, 9.17) is 15.2 Å². The maximum Gasteiger partial charge on any atom is 0.300 e. The summed E-state index contributed by atoms with van der Waals surface area (Å²) < 4.78 is 1.94. The first-order valence-corrected chi connectivity index (χ1v) is 5.26. The number of benzene rings is 1. The summed E-state index contributed by atoms with van der Waals surface area (Å²) in [6.45, 7) is 1.78. The average molecular weight is 243 g/mol. The van der Waals surface area contributed by atoms with Crippen molar-refractivity contribution >= 4 is 5.97 Å². The summed E-state index contributed by atoms with van der Waals surface area (Å²) in [5.41, 5.74) is 1.74. The van der Waals surface area contributed by atoms with E-state index in [0.29, 0.717) is 6.54 Å². The van der Waals surface area contributed by atoms with E-state index < -0.39 is 5.97 Å². The maximum atomic E-state index is 9.00. The molecule has 2 aromatic rings. The van der Waals surface area contributed by atoms with Crippen LogP contribution in [0.25, 0.3) is 0 Å². The van der Waals surface area contributed by atoms with Crippen molar-refractivity contribution in [1.82, 2.24) is 9.55 Å². The van der Waals surface area contributed by atoms with Crippen molar-refractivity contribution in [2.75, 3.05) is 0 Å². The number of imidazole rings is 1. The van der Waals surface area contributed by atoms with Crippen LogP contribution in [0.2, 0.25) is 0 Å². The smallest absolute Gasteiger partial charge is 0.300 e. The Morgan fingerprint density at radius 3 is 2.72 bits per heavy atom. The van der Waals surface area contributed by atoms with Crippen LogP contribution in [0.1, 0.15) is 18.1 Å². The standard InChI is InChI=1S/C11H9N3.C2H4O2/c12-7-10-3-1-2-4-11(10)8-14-6-5-13-9-14;1-2(3)4/h1-6,9H,8H2;1H3,(H,3,4). The number of nitrogens with zero attached hydrogens (tertiary/aromatic N) is 3. The molecule has 2 rings (SSSR count). The van der Waals surface area contributed by atoms with Gasteiger partial charge in [0.1, 0.15) is 0 Å². The van der Waals surface area contributed by atoms with Crippen LogP contribution in [0, 0.1) is 11.3 Å². The first-order valence-electron chi connectivity index (χ1n) is 5.26. The summed E-state index contributed by atoms with van der Waals surface area (Å²) in [5.74, 6) is -0.833. The van der Waals surface area contributed by atoms with E-state index in [1.54, 1.807) is 12.5 Å². The van der Waals surface area contributed by atoms with Crippen LogP contribution in [-0.4, -0.2) is 20.6 Å². The lowest BCUT2D eigenvalue weighted by molar-refractivity contribution is -0.134. The molecule has 1 heterocycles. The van der Waals surface area contributed by atoms with Gasteiger partial charge in [0.15, 0.2) is 0 Å². The molecule has 0 atom stereocenters. The lowest BCUT2D eigenvalue weighted by atomic mass is 10.1. The molecule has 0 unspecified atom stereocenters. The largest absolute Gasteiger partial charge is 0.481 e. The fourth-order valence-electron chi connectivity index (χ4n) is 1.34. The summed E-state index contributed by atoms with van der Waals surface area (Å²) in [6.07, 6.45) is 5.36. The third kappa shape index (κ3) is 4.49. The molecule has 0 fully saturated rings. The van der Waals surface area contributed by atoms with Crippen LogP contribution in [0.3, 0.4) is 0 Å². The Balaban J connectivity index is 0.000000357. The van der Waals surface area contributed by atoms with Crippen LogP contribution in [-0.2, 0) is 11.3 Å². The highest BCUT2D eigenvalue weighted by Crippen LogP contribution is 2.08. The quantitative estimate of drug-likeness (QED) is 0.873. The Morgan fingerprint density at radius 2 is 2.17 bits per heavy atom. The van der Waals surface area contributed by atoms with Gasteiger partial charge in [-0.2, -0.15) is 5.26 Å². The molecular formula is C13H13N3O2. The fraction of sp³-hybridized carbons (Fsp3) is 0.154. The van der Waals surface area contributed by atoms with Crippen molar-refractivity contribution in [3.63, 3.8) is 0 Å². The molecule has 0 aliphatic heterocycles. The van der Waals surface area contributed by atoms with Crippen LogP contribution < -0.4 is 0 Å². The van der Waals surface area contributed by atoms with Gasteiger partial charge in [0.05, 0.1) is 18.0 Å². The highest BCUT2D eigenvalue weighted by Gasteiger charge is 2.00. The van der Waals surface area contributed by atoms with Crippen LogP contribution >= 0.6 is 0 Å². The normalized spacial score (nSPS) is 8.89. The Bertz CT molecular complexity index is 538. The zero-order valence-electron chi connectivity index (χ0n) is 9.95. The van der Waals surface area contributed by atoms with E-state index >= 15 is 0 Å². The van der Waals surface area contributed by atoms with Gasteiger partial charge in [0.25, 0.3) is 5.97 Å². The number of nitriles is 1. The van der Waals surface area contributed by atoms with E-state index in [2.05, 4.69) is 11.1 Å². The summed E-state index contributed by atoms with van der Waals surface area (Å²) in [5, 5.41) is 16.3. The first-order chi connectivity index (χ1) is 8.63. The predicted octanol–water partition coefficient (Wildman–Crippen LogP) is 1.89. The topological polar surface area (TPSA) is 78.9 Å². The van der Waals surface area contributed by atoms with E-state index in [0.717, 1.165) is 18.1 Å². The van der Waals surface area contributed by atoms with Crippen LogP contribution in [0.4, 0.5) is 0 Å². The Kier molecular flexibility index (Phi) is 5.13. The zero-order chi connectivity index (χ0) is 13.4. The van der Waals surface area contributed by atoms with Crippen molar-refractivity contribution in [2.24, 2.45) is 0 Å². The molecule has 0 amide bonds. The van der Waals surface area contributed by atoms with E-state index in [1.165, 1.54) is 0 Å². The minimum Gasteiger partial charge on any atom is -0.481 e. The van der Waals surface area contributed by atoms with Gasteiger partial charge in [0, 0.05) is 25.9 Å². The molecule has 0 radical (unpaired) electrons. The van der Waals surface area contributed by atoms with Crippen molar-refractivity contribution in [1.29, 1.82) is 5.26 Å². The molecule has 0 aliphatic rings. The molecular weight excluding hydrogens is 230 g/mol. The molecule has 0 saturated heterocycles. The summed E-state index contributed by atoms with van der Waals surface area (Å²) >= 11 is 0. The maximum absolute atomic E-state index is 9.00. The number of carbonyl (C=O) groups is 1. The minimum absolute atomic E-state index is 0.698. The van der Waals surface area contributed by atoms with E-state index in [9.17, 15) is 0 Å². The third-order valence-electron chi connectivity index (χ3n) is 2.05. The number of aliphatic carboxylic acids is 1. The van der Waals surface area contributed by atoms with Gasteiger partial charge >= 0.3 is 0 Å².